The summed E-state index contributed by atoms with van der Waals surface area (Å²) in [6.07, 6.45) is 5.47. The molecular formula is C25H24F2N6. The average Bonchev–Trinajstić information content (AvgIpc) is 3.28. The van der Waals surface area contributed by atoms with E-state index in [4.69, 9.17) is 9.97 Å². The molecule has 0 unspecified atom stereocenters. The normalized spacial score (nSPS) is 14.4. The molecule has 0 aliphatic carbocycles. The molecule has 2 N–H and O–H groups in total. The van der Waals surface area contributed by atoms with E-state index in [0.29, 0.717) is 17.3 Å². The van der Waals surface area contributed by atoms with E-state index >= 15 is 0 Å². The maximum absolute atomic E-state index is 13.8. The van der Waals surface area contributed by atoms with Crippen molar-refractivity contribution < 1.29 is 8.78 Å². The monoisotopic (exact) mass is 446 g/mol. The molecule has 6 nitrogen and oxygen atoms in total. The van der Waals surface area contributed by atoms with Gasteiger partial charge in [0, 0.05) is 23.5 Å². The van der Waals surface area contributed by atoms with Crippen LogP contribution in [0, 0.1) is 18.6 Å². The first-order valence-electron chi connectivity index (χ1n) is 11.0. The lowest BCUT2D eigenvalue weighted by molar-refractivity contribution is 0.370. The summed E-state index contributed by atoms with van der Waals surface area (Å²) in [7, 11) is 0. The number of aryl methyl sites for hydroxylation is 1. The van der Waals surface area contributed by atoms with Crippen molar-refractivity contribution in [3.8, 4) is 22.6 Å². The summed E-state index contributed by atoms with van der Waals surface area (Å²) in [5.74, 6) is -0.261. The number of benzene rings is 2. The van der Waals surface area contributed by atoms with E-state index in [-0.39, 0.29) is 17.7 Å². The molecule has 1 aliphatic rings. The third kappa shape index (κ3) is 4.47. The van der Waals surface area contributed by atoms with Crippen LogP contribution in [0.5, 0.6) is 0 Å². The smallest absolute Gasteiger partial charge is 0.227 e. The first kappa shape index (κ1) is 21.2. The highest BCUT2D eigenvalue weighted by atomic mass is 19.1. The van der Waals surface area contributed by atoms with Gasteiger partial charge >= 0.3 is 0 Å². The topological polar surface area (TPSA) is 67.7 Å². The number of hydrogen-bond acceptors (Lipinski definition) is 5. The average molecular weight is 447 g/mol. The molecular weight excluding hydrogens is 422 g/mol. The van der Waals surface area contributed by atoms with Gasteiger partial charge in [-0.05, 0) is 80.9 Å². The second kappa shape index (κ2) is 9.07. The number of halogens is 2. The van der Waals surface area contributed by atoms with Crippen molar-refractivity contribution in [1.82, 2.24) is 24.8 Å². The van der Waals surface area contributed by atoms with Gasteiger partial charge < -0.3 is 15.2 Å². The number of imidazole rings is 1. The predicted octanol–water partition coefficient (Wildman–Crippen LogP) is 5.26. The van der Waals surface area contributed by atoms with Crippen LogP contribution in [0.2, 0.25) is 0 Å². The van der Waals surface area contributed by atoms with Crippen LogP contribution in [-0.2, 0) is 0 Å². The van der Waals surface area contributed by atoms with Crippen LogP contribution in [0.1, 0.15) is 24.4 Å². The maximum Gasteiger partial charge on any atom is 0.227 e. The molecule has 1 fully saturated rings. The van der Waals surface area contributed by atoms with Crippen molar-refractivity contribution in [3.63, 3.8) is 0 Å². The molecule has 0 saturated carbocycles. The van der Waals surface area contributed by atoms with Crippen LogP contribution >= 0.6 is 0 Å². The highest BCUT2D eigenvalue weighted by molar-refractivity contribution is 5.77. The molecule has 1 saturated heterocycles. The minimum Gasteiger partial charge on any atom is -0.326 e. The molecule has 33 heavy (non-hydrogen) atoms. The van der Waals surface area contributed by atoms with Gasteiger partial charge in [0.15, 0.2) is 0 Å². The number of rotatable bonds is 5. The van der Waals surface area contributed by atoms with Gasteiger partial charge in [0.05, 0.1) is 23.4 Å². The van der Waals surface area contributed by atoms with Gasteiger partial charge in [0.2, 0.25) is 5.95 Å². The Kier molecular flexibility index (Phi) is 5.83. The standard InChI is InChI=1S/C25H24F2N6/c1-16-2-5-19(27)14-22(16)32-25-29-13-10-21(31-25)24-23(17-3-6-18(26)7-4-17)30-15-33(24)20-8-11-28-12-9-20/h2-7,10,13-15,20,28H,8-9,11-12H2,1H3,(H,29,31,32). The molecule has 1 aliphatic heterocycles. The van der Waals surface area contributed by atoms with E-state index in [1.807, 2.05) is 19.3 Å². The van der Waals surface area contributed by atoms with Crippen LogP contribution in [0.4, 0.5) is 20.4 Å². The minimum atomic E-state index is -0.332. The lowest BCUT2D eigenvalue weighted by atomic mass is 10.0. The highest BCUT2D eigenvalue weighted by Crippen LogP contribution is 2.35. The number of hydrogen-bond donors (Lipinski definition) is 2. The summed E-state index contributed by atoms with van der Waals surface area (Å²) in [6.45, 7) is 3.76. The van der Waals surface area contributed by atoms with Crippen molar-refractivity contribution in [2.45, 2.75) is 25.8 Å². The van der Waals surface area contributed by atoms with Crippen LogP contribution in [-0.4, -0.2) is 32.6 Å². The first-order valence-corrected chi connectivity index (χ1v) is 11.0. The van der Waals surface area contributed by atoms with Crippen molar-refractivity contribution in [2.24, 2.45) is 0 Å². The van der Waals surface area contributed by atoms with Gasteiger partial charge in [0.25, 0.3) is 0 Å². The number of nitrogens with zero attached hydrogens (tertiary/aromatic N) is 4. The molecule has 5 rings (SSSR count). The van der Waals surface area contributed by atoms with Crippen LogP contribution in [0.25, 0.3) is 22.6 Å². The van der Waals surface area contributed by atoms with Crippen LogP contribution in [0.15, 0.2) is 61.1 Å². The van der Waals surface area contributed by atoms with Gasteiger partial charge in [-0.2, -0.15) is 0 Å². The summed E-state index contributed by atoms with van der Waals surface area (Å²) in [6, 6.07) is 13.0. The molecule has 168 valence electrons. The van der Waals surface area contributed by atoms with Gasteiger partial charge in [-0.1, -0.05) is 6.07 Å². The zero-order chi connectivity index (χ0) is 22.8. The molecule has 0 amide bonds. The number of aromatic nitrogens is 4. The zero-order valence-corrected chi connectivity index (χ0v) is 18.2. The van der Waals surface area contributed by atoms with Crippen LogP contribution < -0.4 is 10.6 Å². The zero-order valence-electron chi connectivity index (χ0n) is 18.2. The van der Waals surface area contributed by atoms with Gasteiger partial charge in [-0.3, -0.25) is 0 Å². The van der Waals surface area contributed by atoms with Crippen molar-refractivity contribution in [2.75, 3.05) is 18.4 Å². The fourth-order valence-electron chi connectivity index (χ4n) is 4.20. The fourth-order valence-corrected chi connectivity index (χ4v) is 4.20. The number of anilines is 2. The van der Waals surface area contributed by atoms with E-state index < -0.39 is 0 Å². The van der Waals surface area contributed by atoms with Crippen molar-refractivity contribution in [1.29, 1.82) is 0 Å². The lowest BCUT2D eigenvalue weighted by Crippen LogP contribution is -2.29. The Morgan fingerprint density at radius 1 is 0.970 bits per heavy atom. The third-order valence-corrected chi connectivity index (χ3v) is 5.96. The largest absolute Gasteiger partial charge is 0.326 e. The second-order valence-corrected chi connectivity index (χ2v) is 8.19. The maximum atomic E-state index is 13.8. The summed E-state index contributed by atoms with van der Waals surface area (Å²) < 4.78 is 29.5. The van der Waals surface area contributed by atoms with Crippen molar-refractivity contribution >= 4 is 11.6 Å². The van der Waals surface area contributed by atoms with Gasteiger partial charge in [-0.25, -0.2) is 23.7 Å². The second-order valence-electron chi connectivity index (χ2n) is 8.19. The summed E-state index contributed by atoms with van der Waals surface area (Å²) >= 11 is 0. The molecule has 3 heterocycles. The third-order valence-electron chi connectivity index (χ3n) is 5.96. The summed E-state index contributed by atoms with van der Waals surface area (Å²) in [5.41, 5.74) is 4.59. The molecule has 0 bridgehead atoms. The quantitative estimate of drug-likeness (QED) is 0.438. The molecule has 8 heteroatoms. The van der Waals surface area contributed by atoms with Gasteiger partial charge in [-0.15, -0.1) is 0 Å². The molecule has 0 spiro atoms. The number of piperidine rings is 1. The fraction of sp³-hybridized carbons (Fsp3) is 0.240. The molecule has 0 atom stereocenters. The van der Waals surface area contributed by atoms with E-state index in [1.54, 1.807) is 24.4 Å². The molecule has 2 aromatic heterocycles. The number of nitrogens with one attached hydrogen (secondary N) is 2. The molecule has 2 aromatic carbocycles. The Morgan fingerprint density at radius 3 is 2.52 bits per heavy atom. The van der Waals surface area contributed by atoms with Gasteiger partial charge in [0.1, 0.15) is 11.6 Å². The van der Waals surface area contributed by atoms with Crippen LogP contribution in [0.3, 0.4) is 0 Å². The van der Waals surface area contributed by atoms with Crippen molar-refractivity contribution in [3.05, 3.63) is 78.3 Å². The summed E-state index contributed by atoms with van der Waals surface area (Å²) in [5, 5.41) is 6.52. The predicted molar refractivity (Wildman–Crippen MR) is 124 cm³/mol. The SMILES string of the molecule is Cc1ccc(F)cc1Nc1nccc(-c2c(-c3ccc(F)cc3)ncn2C2CCNCC2)n1. The Morgan fingerprint density at radius 2 is 1.73 bits per heavy atom. The lowest BCUT2D eigenvalue weighted by Gasteiger charge is -2.25. The Balaban J connectivity index is 1.58. The van der Waals surface area contributed by atoms with E-state index in [9.17, 15) is 8.78 Å². The molecule has 0 radical (unpaired) electrons. The Labute approximate surface area is 190 Å². The molecule has 4 aromatic rings. The summed E-state index contributed by atoms with van der Waals surface area (Å²) in [4.78, 5) is 13.8. The highest BCUT2D eigenvalue weighted by Gasteiger charge is 2.23. The van der Waals surface area contributed by atoms with E-state index in [0.717, 1.165) is 48.4 Å². The Bertz CT molecular complexity index is 1260. The minimum absolute atomic E-state index is 0.278. The first-order chi connectivity index (χ1) is 16.1. The Hall–Kier alpha value is -3.65. The van der Waals surface area contributed by atoms with E-state index in [1.165, 1.54) is 24.3 Å². The van der Waals surface area contributed by atoms with E-state index in [2.05, 4.69) is 20.2 Å².